The molecule has 2 rings (SSSR count). The molecule has 0 saturated heterocycles. The Hall–Kier alpha value is -1.54. The van der Waals surface area contributed by atoms with Crippen LogP contribution >= 0.6 is 24.0 Å². The van der Waals surface area contributed by atoms with Crippen molar-refractivity contribution in [2.45, 2.75) is 26.0 Å². The molecule has 2 aromatic rings. The maximum Gasteiger partial charge on any atom is 0.193 e. The fourth-order valence-corrected chi connectivity index (χ4v) is 2.72. The highest BCUT2D eigenvalue weighted by atomic mass is 127. The van der Waals surface area contributed by atoms with Crippen LogP contribution in [0, 0.1) is 0 Å². The number of aryl methyl sites for hydroxylation is 1. The van der Waals surface area contributed by atoms with E-state index < -0.39 is 0 Å². The highest BCUT2D eigenvalue weighted by Crippen LogP contribution is 2.15. The SMILES string of the molecule is CN=C(NCCCOC(C)c1ccccc1)N(C)Cc1cccn1C.I. The van der Waals surface area contributed by atoms with Crippen molar-refractivity contribution in [2.75, 3.05) is 27.2 Å². The fourth-order valence-electron chi connectivity index (χ4n) is 2.72. The summed E-state index contributed by atoms with van der Waals surface area (Å²) < 4.78 is 8.04. The minimum atomic E-state index is 0. The van der Waals surface area contributed by atoms with Gasteiger partial charge in [-0.15, -0.1) is 24.0 Å². The van der Waals surface area contributed by atoms with Crippen LogP contribution in [0.25, 0.3) is 0 Å². The molecule has 0 radical (unpaired) electrons. The largest absolute Gasteiger partial charge is 0.374 e. The summed E-state index contributed by atoms with van der Waals surface area (Å²) in [4.78, 5) is 6.49. The predicted molar refractivity (Wildman–Crippen MR) is 119 cm³/mol. The molecule has 26 heavy (non-hydrogen) atoms. The van der Waals surface area contributed by atoms with E-state index in [0.717, 1.165) is 32.1 Å². The second kappa shape index (κ2) is 12.0. The van der Waals surface area contributed by atoms with E-state index in [4.69, 9.17) is 4.74 Å². The topological polar surface area (TPSA) is 41.8 Å². The molecular formula is C20H31IN4O. The number of ether oxygens (including phenoxy) is 1. The van der Waals surface area contributed by atoms with Crippen molar-refractivity contribution >= 4 is 29.9 Å². The second-order valence-electron chi connectivity index (χ2n) is 6.22. The van der Waals surface area contributed by atoms with Gasteiger partial charge in [-0.3, -0.25) is 4.99 Å². The molecular weight excluding hydrogens is 439 g/mol. The molecule has 1 N–H and O–H groups in total. The Bertz CT molecular complexity index is 657. The highest BCUT2D eigenvalue weighted by Gasteiger charge is 2.08. The van der Waals surface area contributed by atoms with Crippen LogP contribution in [0.4, 0.5) is 0 Å². The van der Waals surface area contributed by atoms with Crippen LogP contribution in [-0.2, 0) is 18.3 Å². The van der Waals surface area contributed by atoms with Crippen LogP contribution in [-0.4, -0.2) is 42.7 Å². The lowest BCUT2D eigenvalue weighted by Gasteiger charge is -2.22. The Morgan fingerprint density at radius 1 is 1.23 bits per heavy atom. The molecule has 6 heteroatoms. The van der Waals surface area contributed by atoms with Crippen molar-refractivity contribution in [3.8, 4) is 0 Å². The van der Waals surface area contributed by atoms with Crippen LogP contribution in [0.2, 0.25) is 0 Å². The first-order chi connectivity index (χ1) is 12.1. The summed E-state index contributed by atoms with van der Waals surface area (Å²) in [6.07, 6.45) is 3.12. The number of benzene rings is 1. The number of nitrogens with one attached hydrogen (secondary N) is 1. The molecule has 0 saturated carbocycles. The molecule has 0 aliphatic carbocycles. The Morgan fingerprint density at radius 2 is 1.96 bits per heavy atom. The van der Waals surface area contributed by atoms with Crippen LogP contribution in [0.3, 0.4) is 0 Å². The predicted octanol–water partition coefficient (Wildman–Crippen LogP) is 3.82. The number of hydrogen-bond acceptors (Lipinski definition) is 2. The van der Waals surface area contributed by atoms with Gasteiger partial charge in [-0.25, -0.2) is 0 Å². The summed E-state index contributed by atoms with van der Waals surface area (Å²) in [7, 11) is 5.93. The van der Waals surface area contributed by atoms with Crippen LogP contribution in [0.1, 0.15) is 30.7 Å². The third-order valence-corrected chi connectivity index (χ3v) is 4.26. The van der Waals surface area contributed by atoms with E-state index in [0.29, 0.717) is 0 Å². The average Bonchev–Trinajstić information content (AvgIpc) is 3.03. The average molecular weight is 470 g/mol. The molecule has 1 atom stereocenters. The lowest BCUT2D eigenvalue weighted by Crippen LogP contribution is -2.39. The maximum atomic E-state index is 5.91. The molecule has 0 aliphatic heterocycles. The smallest absolute Gasteiger partial charge is 0.193 e. The van der Waals surface area contributed by atoms with Gasteiger partial charge in [-0.05, 0) is 31.0 Å². The molecule has 0 spiro atoms. The van der Waals surface area contributed by atoms with E-state index >= 15 is 0 Å². The monoisotopic (exact) mass is 470 g/mol. The number of aliphatic imine (C=N–C) groups is 1. The Labute approximate surface area is 174 Å². The van der Waals surface area contributed by atoms with E-state index in [9.17, 15) is 0 Å². The van der Waals surface area contributed by atoms with Crippen LogP contribution in [0.15, 0.2) is 53.7 Å². The van der Waals surface area contributed by atoms with E-state index in [-0.39, 0.29) is 30.1 Å². The van der Waals surface area contributed by atoms with Gasteiger partial charge < -0.3 is 19.5 Å². The van der Waals surface area contributed by atoms with Gasteiger partial charge >= 0.3 is 0 Å². The van der Waals surface area contributed by atoms with E-state index in [1.54, 1.807) is 0 Å². The zero-order chi connectivity index (χ0) is 18.1. The number of aromatic nitrogens is 1. The zero-order valence-electron chi connectivity index (χ0n) is 16.2. The van der Waals surface area contributed by atoms with Crippen LogP contribution < -0.4 is 5.32 Å². The molecule has 0 amide bonds. The van der Waals surface area contributed by atoms with Crippen molar-refractivity contribution < 1.29 is 4.74 Å². The quantitative estimate of drug-likeness (QED) is 0.276. The molecule has 1 unspecified atom stereocenters. The maximum absolute atomic E-state index is 5.91. The second-order valence-corrected chi connectivity index (χ2v) is 6.22. The summed E-state index contributed by atoms with van der Waals surface area (Å²) >= 11 is 0. The van der Waals surface area contributed by atoms with Crippen molar-refractivity contribution in [3.63, 3.8) is 0 Å². The Kier molecular flexibility index (Phi) is 10.3. The fraction of sp³-hybridized carbons (Fsp3) is 0.450. The third-order valence-electron chi connectivity index (χ3n) is 4.26. The van der Waals surface area contributed by atoms with Gasteiger partial charge in [-0.1, -0.05) is 30.3 Å². The minimum Gasteiger partial charge on any atom is -0.374 e. The number of nitrogens with zero attached hydrogens (tertiary/aromatic N) is 3. The molecule has 0 fully saturated rings. The summed E-state index contributed by atoms with van der Waals surface area (Å²) in [6, 6.07) is 14.5. The number of hydrogen-bond donors (Lipinski definition) is 1. The highest BCUT2D eigenvalue weighted by molar-refractivity contribution is 14.0. The van der Waals surface area contributed by atoms with Crippen molar-refractivity contribution in [2.24, 2.45) is 12.0 Å². The lowest BCUT2D eigenvalue weighted by atomic mass is 10.1. The normalized spacial score (nSPS) is 12.4. The first-order valence-corrected chi connectivity index (χ1v) is 8.80. The third kappa shape index (κ3) is 6.99. The number of halogens is 1. The van der Waals surface area contributed by atoms with E-state index in [1.807, 2.05) is 25.2 Å². The standard InChI is InChI=1S/C20H30N4O.HI/c1-17(18-10-6-5-7-11-18)25-15-9-13-22-20(21-2)24(4)16-19-12-8-14-23(19)3;/h5-8,10-12,14,17H,9,13,15-16H2,1-4H3,(H,21,22);1H. The Balaban J connectivity index is 0.00000338. The van der Waals surface area contributed by atoms with Gasteiger partial charge in [0.1, 0.15) is 0 Å². The molecule has 1 aromatic heterocycles. The van der Waals surface area contributed by atoms with Gasteiger partial charge in [0.2, 0.25) is 0 Å². The van der Waals surface area contributed by atoms with E-state index in [1.165, 1.54) is 11.3 Å². The van der Waals surface area contributed by atoms with Gasteiger partial charge in [0.25, 0.3) is 0 Å². The Morgan fingerprint density at radius 3 is 2.58 bits per heavy atom. The molecule has 1 heterocycles. The molecule has 1 aromatic carbocycles. The summed E-state index contributed by atoms with van der Waals surface area (Å²) in [5.41, 5.74) is 2.47. The van der Waals surface area contributed by atoms with Gasteiger partial charge in [-0.2, -0.15) is 0 Å². The van der Waals surface area contributed by atoms with Crippen molar-refractivity contribution in [1.29, 1.82) is 0 Å². The lowest BCUT2D eigenvalue weighted by molar-refractivity contribution is 0.0645. The molecule has 5 nitrogen and oxygen atoms in total. The number of rotatable bonds is 8. The van der Waals surface area contributed by atoms with Gasteiger partial charge in [0.05, 0.1) is 12.6 Å². The zero-order valence-corrected chi connectivity index (χ0v) is 18.5. The summed E-state index contributed by atoms with van der Waals surface area (Å²) in [5, 5.41) is 3.40. The summed E-state index contributed by atoms with van der Waals surface area (Å²) in [6.45, 7) is 4.48. The van der Waals surface area contributed by atoms with Crippen LogP contribution in [0.5, 0.6) is 0 Å². The minimum absolute atomic E-state index is 0. The summed E-state index contributed by atoms with van der Waals surface area (Å²) in [5.74, 6) is 0.900. The molecule has 0 bridgehead atoms. The molecule has 144 valence electrons. The van der Waals surface area contributed by atoms with Crippen molar-refractivity contribution in [1.82, 2.24) is 14.8 Å². The van der Waals surface area contributed by atoms with Gasteiger partial charge in [0.15, 0.2) is 5.96 Å². The van der Waals surface area contributed by atoms with Gasteiger partial charge in [0, 0.05) is 46.2 Å². The first kappa shape index (κ1) is 22.5. The van der Waals surface area contributed by atoms with E-state index in [2.05, 4.69) is 71.3 Å². The van der Waals surface area contributed by atoms with Crippen molar-refractivity contribution in [3.05, 3.63) is 59.9 Å². The first-order valence-electron chi connectivity index (χ1n) is 8.80. The number of guanidine groups is 1. The molecule has 0 aliphatic rings.